The summed E-state index contributed by atoms with van der Waals surface area (Å²) in [6.45, 7) is 4.91. The minimum atomic E-state index is 0.725. The second kappa shape index (κ2) is 6.92. The highest BCUT2D eigenvalue weighted by Gasteiger charge is 2.17. The second-order valence-corrected chi connectivity index (χ2v) is 5.88. The fourth-order valence-electron chi connectivity index (χ4n) is 3.00. The van der Waals surface area contributed by atoms with Gasteiger partial charge in [-0.15, -0.1) is 0 Å². The monoisotopic (exact) mass is 284 g/mol. The third-order valence-electron chi connectivity index (χ3n) is 4.44. The molecule has 3 nitrogen and oxygen atoms in total. The lowest BCUT2D eigenvalue weighted by Crippen LogP contribution is -2.38. The van der Waals surface area contributed by atoms with Crippen LogP contribution in [0.15, 0.2) is 42.5 Å². The SMILES string of the molecule is NCC1CCN(CCOc2ccc3ccccc3c2)CC1. The molecule has 112 valence electrons. The fourth-order valence-corrected chi connectivity index (χ4v) is 3.00. The number of hydrogen-bond acceptors (Lipinski definition) is 3. The van der Waals surface area contributed by atoms with E-state index in [1.165, 1.54) is 23.6 Å². The Hall–Kier alpha value is -1.58. The molecule has 0 bridgehead atoms. The van der Waals surface area contributed by atoms with E-state index >= 15 is 0 Å². The molecule has 1 aliphatic heterocycles. The van der Waals surface area contributed by atoms with Gasteiger partial charge in [-0.05, 0) is 61.3 Å². The first kappa shape index (κ1) is 14.4. The van der Waals surface area contributed by atoms with Gasteiger partial charge < -0.3 is 10.5 Å². The fraction of sp³-hybridized carbons (Fsp3) is 0.444. The Kier molecular flexibility index (Phi) is 4.73. The van der Waals surface area contributed by atoms with E-state index in [-0.39, 0.29) is 0 Å². The molecule has 2 aromatic carbocycles. The molecule has 2 aromatic rings. The van der Waals surface area contributed by atoms with Crippen LogP contribution < -0.4 is 10.5 Å². The zero-order valence-electron chi connectivity index (χ0n) is 12.5. The van der Waals surface area contributed by atoms with Crippen molar-refractivity contribution in [3.8, 4) is 5.75 Å². The van der Waals surface area contributed by atoms with E-state index in [0.717, 1.165) is 44.5 Å². The Balaban J connectivity index is 1.48. The van der Waals surface area contributed by atoms with Gasteiger partial charge in [0.25, 0.3) is 0 Å². The van der Waals surface area contributed by atoms with E-state index in [1.54, 1.807) is 0 Å². The Morgan fingerprint density at radius 2 is 1.81 bits per heavy atom. The highest BCUT2D eigenvalue weighted by atomic mass is 16.5. The number of nitrogens with zero attached hydrogens (tertiary/aromatic N) is 1. The van der Waals surface area contributed by atoms with Crippen LogP contribution in [0.25, 0.3) is 10.8 Å². The smallest absolute Gasteiger partial charge is 0.120 e. The molecule has 3 heteroatoms. The summed E-state index contributed by atoms with van der Waals surface area (Å²) in [4.78, 5) is 2.48. The van der Waals surface area contributed by atoms with Crippen molar-refractivity contribution in [3.05, 3.63) is 42.5 Å². The van der Waals surface area contributed by atoms with Crippen LogP contribution in [0, 0.1) is 5.92 Å². The Morgan fingerprint density at radius 1 is 1.05 bits per heavy atom. The van der Waals surface area contributed by atoms with E-state index in [2.05, 4.69) is 47.4 Å². The lowest BCUT2D eigenvalue weighted by atomic mass is 9.97. The van der Waals surface area contributed by atoms with Gasteiger partial charge in [-0.25, -0.2) is 0 Å². The number of benzene rings is 2. The molecule has 0 aromatic heterocycles. The summed E-state index contributed by atoms with van der Waals surface area (Å²) < 4.78 is 5.90. The van der Waals surface area contributed by atoms with Gasteiger partial charge in [0, 0.05) is 6.54 Å². The number of hydrogen-bond donors (Lipinski definition) is 1. The average Bonchev–Trinajstić information content (AvgIpc) is 2.55. The van der Waals surface area contributed by atoms with Crippen molar-refractivity contribution < 1.29 is 4.74 Å². The van der Waals surface area contributed by atoms with Crippen LogP contribution in [0.5, 0.6) is 5.75 Å². The van der Waals surface area contributed by atoms with Gasteiger partial charge in [0.15, 0.2) is 0 Å². The zero-order chi connectivity index (χ0) is 14.5. The molecule has 0 spiro atoms. The Labute approximate surface area is 126 Å². The minimum absolute atomic E-state index is 0.725. The molecule has 0 unspecified atom stereocenters. The quantitative estimate of drug-likeness (QED) is 0.917. The Bertz CT molecular complexity index is 576. The standard InChI is InChI=1S/C18H24N2O/c19-14-15-7-9-20(10-8-15)11-12-21-18-6-5-16-3-1-2-4-17(16)13-18/h1-6,13,15H,7-12,14,19H2. The van der Waals surface area contributed by atoms with Crippen LogP contribution in [-0.4, -0.2) is 37.7 Å². The summed E-state index contributed by atoms with van der Waals surface area (Å²) in [5, 5.41) is 2.49. The molecule has 0 radical (unpaired) electrons. The molecule has 0 saturated carbocycles. The van der Waals surface area contributed by atoms with Crippen LogP contribution in [0.2, 0.25) is 0 Å². The summed E-state index contributed by atoms with van der Waals surface area (Å²) in [7, 11) is 0. The van der Waals surface area contributed by atoms with Crippen LogP contribution >= 0.6 is 0 Å². The first-order valence-electron chi connectivity index (χ1n) is 7.89. The summed E-state index contributed by atoms with van der Waals surface area (Å²) in [5.41, 5.74) is 5.73. The molecule has 3 rings (SSSR count). The first-order chi connectivity index (χ1) is 10.3. The summed E-state index contributed by atoms with van der Waals surface area (Å²) in [6, 6.07) is 14.7. The third-order valence-corrected chi connectivity index (χ3v) is 4.44. The van der Waals surface area contributed by atoms with Gasteiger partial charge in [-0.2, -0.15) is 0 Å². The van der Waals surface area contributed by atoms with Crippen molar-refractivity contribution in [3.63, 3.8) is 0 Å². The number of ether oxygens (including phenoxy) is 1. The number of likely N-dealkylation sites (tertiary alicyclic amines) is 1. The van der Waals surface area contributed by atoms with Crippen molar-refractivity contribution in [2.45, 2.75) is 12.8 Å². The highest BCUT2D eigenvalue weighted by molar-refractivity contribution is 5.83. The molecular weight excluding hydrogens is 260 g/mol. The van der Waals surface area contributed by atoms with Gasteiger partial charge in [-0.3, -0.25) is 4.90 Å². The molecule has 1 saturated heterocycles. The number of fused-ring (bicyclic) bond motifs is 1. The largest absolute Gasteiger partial charge is 0.492 e. The summed E-state index contributed by atoms with van der Waals surface area (Å²) in [5.74, 6) is 1.69. The molecule has 2 N–H and O–H groups in total. The van der Waals surface area contributed by atoms with Gasteiger partial charge in [0.2, 0.25) is 0 Å². The number of nitrogens with two attached hydrogens (primary N) is 1. The maximum Gasteiger partial charge on any atom is 0.120 e. The van der Waals surface area contributed by atoms with E-state index in [4.69, 9.17) is 10.5 Å². The molecule has 0 aliphatic carbocycles. The molecule has 21 heavy (non-hydrogen) atoms. The number of rotatable bonds is 5. The van der Waals surface area contributed by atoms with E-state index in [0.29, 0.717) is 0 Å². The van der Waals surface area contributed by atoms with Gasteiger partial charge in [0.05, 0.1) is 0 Å². The van der Waals surface area contributed by atoms with Gasteiger partial charge in [-0.1, -0.05) is 30.3 Å². The van der Waals surface area contributed by atoms with Gasteiger partial charge in [0.1, 0.15) is 12.4 Å². The van der Waals surface area contributed by atoms with Crippen molar-refractivity contribution >= 4 is 10.8 Å². The molecule has 0 amide bonds. The maximum atomic E-state index is 5.90. The zero-order valence-corrected chi connectivity index (χ0v) is 12.5. The van der Waals surface area contributed by atoms with Crippen LogP contribution in [0.1, 0.15) is 12.8 Å². The lowest BCUT2D eigenvalue weighted by Gasteiger charge is -2.31. The minimum Gasteiger partial charge on any atom is -0.492 e. The maximum absolute atomic E-state index is 5.90. The summed E-state index contributed by atoms with van der Waals surface area (Å²) in [6.07, 6.45) is 2.46. The molecule has 0 atom stereocenters. The molecule has 1 heterocycles. The number of piperidine rings is 1. The van der Waals surface area contributed by atoms with E-state index in [1.807, 2.05) is 0 Å². The molecule has 1 aliphatic rings. The topological polar surface area (TPSA) is 38.5 Å². The second-order valence-electron chi connectivity index (χ2n) is 5.88. The predicted molar refractivity (Wildman–Crippen MR) is 87.7 cm³/mol. The molecular formula is C18H24N2O. The van der Waals surface area contributed by atoms with Crippen molar-refractivity contribution in [1.82, 2.24) is 4.90 Å². The van der Waals surface area contributed by atoms with Crippen LogP contribution in [0.3, 0.4) is 0 Å². The van der Waals surface area contributed by atoms with Gasteiger partial charge >= 0.3 is 0 Å². The first-order valence-corrected chi connectivity index (χ1v) is 7.89. The normalized spacial score (nSPS) is 17.2. The van der Waals surface area contributed by atoms with Crippen molar-refractivity contribution in [2.75, 3.05) is 32.8 Å². The highest BCUT2D eigenvalue weighted by Crippen LogP contribution is 2.21. The summed E-state index contributed by atoms with van der Waals surface area (Å²) >= 11 is 0. The lowest BCUT2D eigenvalue weighted by molar-refractivity contribution is 0.157. The predicted octanol–water partition coefficient (Wildman–Crippen LogP) is 2.89. The van der Waals surface area contributed by atoms with E-state index in [9.17, 15) is 0 Å². The molecule has 1 fully saturated rings. The van der Waals surface area contributed by atoms with Crippen LogP contribution in [-0.2, 0) is 0 Å². The van der Waals surface area contributed by atoms with Crippen LogP contribution in [0.4, 0.5) is 0 Å². The Morgan fingerprint density at radius 3 is 2.57 bits per heavy atom. The van der Waals surface area contributed by atoms with Crippen molar-refractivity contribution in [1.29, 1.82) is 0 Å². The van der Waals surface area contributed by atoms with E-state index < -0.39 is 0 Å². The van der Waals surface area contributed by atoms with Crippen molar-refractivity contribution in [2.24, 2.45) is 11.7 Å². The third kappa shape index (κ3) is 3.74. The average molecular weight is 284 g/mol.